The van der Waals surface area contributed by atoms with Gasteiger partial charge in [-0.1, -0.05) is 17.7 Å². The molecule has 0 aliphatic carbocycles. The molecule has 2 N–H and O–H groups in total. The Morgan fingerprint density at radius 1 is 1.15 bits per heavy atom. The lowest BCUT2D eigenvalue weighted by molar-refractivity contribution is 0.175. The van der Waals surface area contributed by atoms with Crippen LogP contribution in [0.25, 0.3) is 11.0 Å². The molecule has 0 spiro atoms. The van der Waals surface area contributed by atoms with Crippen LogP contribution in [0.15, 0.2) is 47.1 Å². The number of ether oxygens (including phenoxy) is 2. The molecule has 3 rings (SSSR count). The third-order valence-electron chi connectivity index (χ3n) is 4.29. The second-order valence-corrected chi connectivity index (χ2v) is 6.40. The SMILES string of the molecule is COc1cc(C(O)CNCCc2ccc(OC)c(Cl)c2)c2occc2c1. The summed E-state index contributed by atoms with van der Waals surface area (Å²) in [5.74, 6) is 1.36. The largest absolute Gasteiger partial charge is 0.497 e. The summed E-state index contributed by atoms with van der Waals surface area (Å²) in [5, 5.41) is 15.3. The highest BCUT2D eigenvalue weighted by molar-refractivity contribution is 6.32. The van der Waals surface area contributed by atoms with Gasteiger partial charge in [0.25, 0.3) is 0 Å². The fraction of sp³-hybridized carbons (Fsp3) is 0.300. The summed E-state index contributed by atoms with van der Waals surface area (Å²) in [7, 11) is 3.20. The average Bonchev–Trinajstić information content (AvgIpc) is 3.12. The number of aliphatic hydroxyl groups excluding tert-OH is 1. The Morgan fingerprint density at radius 3 is 2.73 bits per heavy atom. The van der Waals surface area contributed by atoms with Gasteiger partial charge >= 0.3 is 0 Å². The number of fused-ring (bicyclic) bond motifs is 1. The van der Waals surface area contributed by atoms with Crippen molar-refractivity contribution >= 4 is 22.6 Å². The summed E-state index contributed by atoms with van der Waals surface area (Å²) in [6.45, 7) is 1.12. The molecular weight excluding hydrogens is 354 g/mol. The molecule has 1 heterocycles. The van der Waals surface area contributed by atoms with E-state index in [-0.39, 0.29) is 0 Å². The zero-order valence-corrected chi connectivity index (χ0v) is 15.5. The molecule has 0 aliphatic heterocycles. The minimum atomic E-state index is -0.696. The first kappa shape index (κ1) is 18.6. The van der Waals surface area contributed by atoms with Crippen LogP contribution >= 0.6 is 11.6 Å². The molecule has 6 heteroatoms. The van der Waals surface area contributed by atoms with Gasteiger partial charge in [-0.05, 0) is 48.9 Å². The first-order valence-corrected chi connectivity index (χ1v) is 8.76. The van der Waals surface area contributed by atoms with E-state index in [0.717, 1.165) is 17.4 Å². The van der Waals surface area contributed by atoms with Crippen LogP contribution < -0.4 is 14.8 Å². The van der Waals surface area contributed by atoms with E-state index in [9.17, 15) is 5.11 Å². The molecule has 0 aliphatic rings. The Bertz CT molecular complexity index is 877. The van der Waals surface area contributed by atoms with Gasteiger partial charge in [-0.2, -0.15) is 0 Å². The van der Waals surface area contributed by atoms with E-state index in [2.05, 4.69) is 5.32 Å². The third-order valence-corrected chi connectivity index (χ3v) is 4.59. The molecule has 0 fully saturated rings. The van der Waals surface area contributed by atoms with Gasteiger partial charge in [0, 0.05) is 17.5 Å². The van der Waals surface area contributed by atoms with Crippen LogP contribution in [-0.4, -0.2) is 32.4 Å². The number of hydrogen-bond donors (Lipinski definition) is 2. The Morgan fingerprint density at radius 2 is 2.00 bits per heavy atom. The van der Waals surface area contributed by atoms with E-state index in [1.165, 1.54) is 0 Å². The number of aliphatic hydroxyl groups is 1. The second-order valence-electron chi connectivity index (χ2n) is 5.99. The molecule has 3 aromatic rings. The maximum absolute atomic E-state index is 10.6. The molecule has 1 unspecified atom stereocenters. The van der Waals surface area contributed by atoms with Crippen molar-refractivity contribution in [2.45, 2.75) is 12.5 Å². The van der Waals surface area contributed by atoms with E-state index in [1.807, 2.05) is 30.3 Å². The van der Waals surface area contributed by atoms with Crippen LogP contribution in [-0.2, 0) is 6.42 Å². The molecule has 5 nitrogen and oxygen atoms in total. The number of benzene rings is 2. The van der Waals surface area contributed by atoms with Crippen molar-refractivity contribution in [3.63, 3.8) is 0 Å². The molecule has 0 saturated heterocycles. The first-order valence-electron chi connectivity index (χ1n) is 8.38. The van der Waals surface area contributed by atoms with Gasteiger partial charge in [0.05, 0.1) is 31.6 Å². The van der Waals surface area contributed by atoms with Crippen molar-refractivity contribution in [3.8, 4) is 11.5 Å². The van der Waals surface area contributed by atoms with Gasteiger partial charge in [-0.15, -0.1) is 0 Å². The monoisotopic (exact) mass is 375 g/mol. The highest BCUT2D eigenvalue weighted by atomic mass is 35.5. The molecule has 138 valence electrons. The quantitative estimate of drug-likeness (QED) is 0.583. The molecular formula is C20H22ClNO4. The molecule has 2 aromatic carbocycles. The lowest BCUT2D eigenvalue weighted by Gasteiger charge is -2.14. The number of halogens is 1. The summed E-state index contributed by atoms with van der Waals surface area (Å²) in [6.07, 6.45) is 1.71. The fourth-order valence-electron chi connectivity index (χ4n) is 2.89. The molecule has 0 radical (unpaired) electrons. The van der Waals surface area contributed by atoms with Crippen LogP contribution in [0.4, 0.5) is 0 Å². The molecule has 0 bridgehead atoms. The lowest BCUT2D eigenvalue weighted by atomic mass is 10.1. The van der Waals surface area contributed by atoms with E-state index in [4.69, 9.17) is 25.5 Å². The van der Waals surface area contributed by atoms with Crippen molar-refractivity contribution < 1.29 is 19.0 Å². The summed E-state index contributed by atoms with van der Waals surface area (Å²) < 4.78 is 16.0. The number of rotatable bonds is 8. The van der Waals surface area contributed by atoms with Gasteiger partial charge < -0.3 is 24.3 Å². The van der Waals surface area contributed by atoms with Crippen molar-refractivity contribution in [2.24, 2.45) is 0 Å². The van der Waals surface area contributed by atoms with E-state index < -0.39 is 6.10 Å². The van der Waals surface area contributed by atoms with Crippen LogP contribution in [0.3, 0.4) is 0 Å². The van der Waals surface area contributed by atoms with Gasteiger partial charge in [-0.3, -0.25) is 0 Å². The summed E-state index contributed by atoms with van der Waals surface area (Å²) in [4.78, 5) is 0. The second kappa shape index (κ2) is 8.45. The fourth-order valence-corrected chi connectivity index (χ4v) is 3.17. The van der Waals surface area contributed by atoms with Gasteiger partial charge in [0.1, 0.15) is 17.1 Å². The Hall–Kier alpha value is -2.21. The van der Waals surface area contributed by atoms with Crippen LogP contribution in [0.5, 0.6) is 11.5 Å². The van der Waals surface area contributed by atoms with Crippen molar-refractivity contribution in [2.75, 3.05) is 27.3 Å². The van der Waals surface area contributed by atoms with Crippen LogP contribution in [0, 0.1) is 0 Å². The zero-order chi connectivity index (χ0) is 18.5. The topological polar surface area (TPSA) is 63.9 Å². The van der Waals surface area contributed by atoms with E-state index in [1.54, 1.807) is 26.5 Å². The lowest BCUT2D eigenvalue weighted by Crippen LogP contribution is -2.23. The Balaban J connectivity index is 1.58. The van der Waals surface area contributed by atoms with Gasteiger partial charge in [0.2, 0.25) is 0 Å². The van der Waals surface area contributed by atoms with Crippen molar-refractivity contribution in [1.29, 1.82) is 0 Å². The molecule has 0 saturated carbocycles. The molecule has 0 amide bonds. The number of methoxy groups -OCH3 is 2. The van der Waals surface area contributed by atoms with Gasteiger partial charge in [0.15, 0.2) is 0 Å². The number of furan rings is 1. The highest BCUT2D eigenvalue weighted by Gasteiger charge is 2.15. The predicted molar refractivity (Wildman–Crippen MR) is 102 cm³/mol. The molecule has 1 aromatic heterocycles. The minimum Gasteiger partial charge on any atom is -0.497 e. The zero-order valence-electron chi connectivity index (χ0n) is 14.8. The standard InChI is InChI=1S/C20H22ClNO4/c1-24-15-10-14-6-8-26-20(14)16(11-15)18(23)12-22-7-5-13-3-4-19(25-2)17(21)9-13/h3-4,6,8-11,18,22-23H,5,7,12H2,1-2H3. The maximum Gasteiger partial charge on any atom is 0.139 e. The van der Waals surface area contributed by atoms with Crippen LogP contribution in [0.1, 0.15) is 17.2 Å². The summed E-state index contributed by atoms with van der Waals surface area (Å²) in [6, 6.07) is 11.3. The number of hydrogen-bond acceptors (Lipinski definition) is 5. The van der Waals surface area contributed by atoms with Crippen molar-refractivity contribution in [3.05, 3.63) is 58.8 Å². The maximum atomic E-state index is 10.6. The van der Waals surface area contributed by atoms with E-state index in [0.29, 0.717) is 40.8 Å². The van der Waals surface area contributed by atoms with Gasteiger partial charge in [-0.25, -0.2) is 0 Å². The van der Waals surface area contributed by atoms with Crippen molar-refractivity contribution in [1.82, 2.24) is 5.32 Å². The third kappa shape index (κ3) is 4.12. The normalized spacial score (nSPS) is 12.3. The smallest absolute Gasteiger partial charge is 0.139 e. The van der Waals surface area contributed by atoms with Crippen LogP contribution in [0.2, 0.25) is 5.02 Å². The number of nitrogens with one attached hydrogen (secondary N) is 1. The van der Waals surface area contributed by atoms with E-state index >= 15 is 0 Å². The first-order chi connectivity index (χ1) is 12.6. The average molecular weight is 376 g/mol. The molecule has 1 atom stereocenters. The molecule has 26 heavy (non-hydrogen) atoms. The predicted octanol–water partition coefficient (Wildman–Crippen LogP) is 3.97. The summed E-state index contributed by atoms with van der Waals surface area (Å²) in [5.41, 5.74) is 2.50. The Kier molecular flexibility index (Phi) is 6.04. The Labute approximate surface area is 157 Å². The summed E-state index contributed by atoms with van der Waals surface area (Å²) >= 11 is 6.14. The highest BCUT2D eigenvalue weighted by Crippen LogP contribution is 2.30. The minimum absolute atomic E-state index is 0.410.